The summed E-state index contributed by atoms with van der Waals surface area (Å²) >= 11 is 0. The number of rotatable bonds is 4. The Hall–Kier alpha value is -0.410. The molecule has 0 aliphatic rings. The minimum Gasteiger partial charge on any atom is -0.396 e. The fourth-order valence-corrected chi connectivity index (χ4v) is 0.996. The zero-order chi connectivity index (χ0) is 12.6. The van der Waals surface area contributed by atoms with Gasteiger partial charge in [0.2, 0.25) is 0 Å². The van der Waals surface area contributed by atoms with Gasteiger partial charge in [-0.25, -0.2) is 0 Å². The van der Waals surface area contributed by atoms with Crippen LogP contribution in [0, 0.1) is 17.3 Å². The van der Waals surface area contributed by atoms with E-state index in [0.29, 0.717) is 0 Å². The third kappa shape index (κ3) is 8.58. The standard InChI is InChI=1S/C8H18O2.C4H8O/c1-6(2)7(10)8(3,4)5-9;1-4(2)3-5/h6-7,9-10H,5H2,1-4H3;3-4H,1-2H3. The first kappa shape index (κ1) is 17.0. The average Bonchev–Trinajstić information content (AvgIpc) is 2.17. The largest absolute Gasteiger partial charge is 0.396 e. The van der Waals surface area contributed by atoms with Crippen molar-refractivity contribution in [3.8, 4) is 0 Å². The minimum absolute atomic E-state index is 0.0341. The first-order valence-corrected chi connectivity index (χ1v) is 5.43. The summed E-state index contributed by atoms with van der Waals surface area (Å²) in [6.07, 6.45) is 0.498. The zero-order valence-corrected chi connectivity index (χ0v) is 10.8. The Morgan fingerprint density at radius 3 is 1.60 bits per heavy atom. The van der Waals surface area contributed by atoms with Gasteiger partial charge in [-0.2, -0.15) is 0 Å². The van der Waals surface area contributed by atoms with Gasteiger partial charge >= 0.3 is 0 Å². The molecule has 0 aliphatic heterocycles. The molecule has 0 spiro atoms. The van der Waals surface area contributed by atoms with Crippen molar-refractivity contribution in [2.24, 2.45) is 17.3 Å². The maximum absolute atomic E-state index is 9.50. The van der Waals surface area contributed by atoms with Crippen LogP contribution >= 0.6 is 0 Å². The molecule has 0 heterocycles. The topological polar surface area (TPSA) is 57.5 Å². The fourth-order valence-electron chi connectivity index (χ4n) is 0.996. The first-order valence-electron chi connectivity index (χ1n) is 5.43. The molecule has 1 atom stereocenters. The molecule has 0 fully saturated rings. The van der Waals surface area contributed by atoms with Gasteiger partial charge in [-0.15, -0.1) is 0 Å². The number of aldehydes is 1. The molecule has 0 aromatic carbocycles. The highest BCUT2D eigenvalue weighted by Crippen LogP contribution is 2.24. The van der Waals surface area contributed by atoms with E-state index in [1.807, 2.05) is 41.5 Å². The van der Waals surface area contributed by atoms with Crippen molar-refractivity contribution < 1.29 is 15.0 Å². The Kier molecular flexibility index (Phi) is 8.87. The predicted octanol–water partition coefficient (Wildman–Crippen LogP) is 1.86. The number of hydrogen-bond donors (Lipinski definition) is 2. The monoisotopic (exact) mass is 218 g/mol. The molecule has 0 aromatic rings. The van der Waals surface area contributed by atoms with Gasteiger partial charge in [0.05, 0.1) is 12.7 Å². The van der Waals surface area contributed by atoms with Crippen LogP contribution in [-0.2, 0) is 4.79 Å². The molecule has 3 nitrogen and oxygen atoms in total. The molecule has 92 valence electrons. The highest BCUT2D eigenvalue weighted by molar-refractivity contribution is 5.51. The first-order chi connectivity index (χ1) is 6.68. The Morgan fingerprint density at radius 1 is 1.20 bits per heavy atom. The van der Waals surface area contributed by atoms with Crippen LogP contribution in [0.25, 0.3) is 0 Å². The molecular formula is C12H26O3. The second-order valence-corrected chi connectivity index (χ2v) is 5.22. The van der Waals surface area contributed by atoms with Crippen molar-refractivity contribution in [1.29, 1.82) is 0 Å². The Balaban J connectivity index is 0. The molecule has 1 unspecified atom stereocenters. The number of hydrogen-bond acceptors (Lipinski definition) is 3. The van der Waals surface area contributed by atoms with Crippen LogP contribution in [0.2, 0.25) is 0 Å². The van der Waals surface area contributed by atoms with Crippen LogP contribution in [0.5, 0.6) is 0 Å². The van der Waals surface area contributed by atoms with Crippen LogP contribution in [0.15, 0.2) is 0 Å². The number of aliphatic hydroxyl groups is 2. The zero-order valence-electron chi connectivity index (χ0n) is 10.8. The van der Waals surface area contributed by atoms with Crippen LogP contribution in [0.1, 0.15) is 41.5 Å². The molecular weight excluding hydrogens is 192 g/mol. The van der Waals surface area contributed by atoms with Gasteiger partial charge in [0.25, 0.3) is 0 Å². The predicted molar refractivity (Wildman–Crippen MR) is 62.6 cm³/mol. The summed E-state index contributed by atoms with van der Waals surface area (Å²) in [5, 5.41) is 18.3. The van der Waals surface area contributed by atoms with E-state index in [9.17, 15) is 9.90 Å². The molecule has 3 heteroatoms. The van der Waals surface area contributed by atoms with Crippen LogP contribution < -0.4 is 0 Å². The van der Waals surface area contributed by atoms with Gasteiger partial charge in [0.15, 0.2) is 0 Å². The molecule has 0 saturated carbocycles. The Bertz CT molecular complexity index is 162. The molecule has 0 radical (unpaired) electrons. The number of aliphatic hydroxyl groups excluding tert-OH is 2. The van der Waals surface area contributed by atoms with Gasteiger partial charge < -0.3 is 15.0 Å². The van der Waals surface area contributed by atoms with E-state index >= 15 is 0 Å². The van der Waals surface area contributed by atoms with Gasteiger partial charge in [-0.1, -0.05) is 41.5 Å². The SMILES string of the molecule is CC(C)C(O)C(C)(C)CO.CC(C)C=O. The van der Waals surface area contributed by atoms with E-state index in [-0.39, 0.29) is 23.9 Å². The quantitative estimate of drug-likeness (QED) is 0.708. The molecule has 15 heavy (non-hydrogen) atoms. The maximum atomic E-state index is 9.50. The second-order valence-electron chi connectivity index (χ2n) is 5.22. The van der Waals surface area contributed by atoms with Crippen molar-refractivity contribution in [1.82, 2.24) is 0 Å². The summed E-state index contributed by atoms with van der Waals surface area (Å²) in [6.45, 7) is 11.4. The van der Waals surface area contributed by atoms with Gasteiger partial charge in [-0.3, -0.25) is 0 Å². The molecule has 0 rings (SSSR count). The smallest absolute Gasteiger partial charge is 0.122 e. The molecule has 0 aliphatic carbocycles. The van der Waals surface area contributed by atoms with E-state index in [4.69, 9.17) is 5.11 Å². The van der Waals surface area contributed by atoms with Crippen molar-refractivity contribution >= 4 is 6.29 Å². The second kappa shape index (κ2) is 7.83. The summed E-state index contributed by atoms with van der Waals surface area (Å²) < 4.78 is 0. The Labute approximate surface area is 93.5 Å². The van der Waals surface area contributed by atoms with Gasteiger partial charge in [0, 0.05) is 11.3 Å². The summed E-state index contributed by atoms with van der Waals surface area (Å²) in [7, 11) is 0. The highest BCUT2D eigenvalue weighted by atomic mass is 16.3. The van der Waals surface area contributed by atoms with Crippen LogP contribution in [0.3, 0.4) is 0 Å². The normalized spacial score (nSPS) is 13.5. The molecule has 0 bridgehead atoms. The van der Waals surface area contributed by atoms with Crippen molar-refractivity contribution in [3.05, 3.63) is 0 Å². The summed E-state index contributed by atoms with van der Waals surface area (Å²) in [4.78, 5) is 9.50. The Morgan fingerprint density at radius 2 is 1.53 bits per heavy atom. The lowest BCUT2D eigenvalue weighted by atomic mass is 9.82. The average molecular weight is 218 g/mol. The highest BCUT2D eigenvalue weighted by Gasteiger charge is 2.28. The van der Waals surface area contributed by atoms with E-state index in [1.165, 1.54) is 0 Å². The summed E-state index contributed by atoms with van der Waals surface area (Å²) in [6, 6.07) is 0. The minimum atomic E-state index is -0.419. The van der Waals surface area contributed by atoms with Crippen LogP contribution in [0.4, 0.5) is 0 Å². The van der Waals surface area contributed by atoms with E-state index in [2.05, 4.69) is 0 Å². The van der Waals surface area contributed by atoms with E-state index in [0.717, 1.165) is 6.29 Å². The lowest BCUT2D eigenvalue weighted by Gasteiger charge is -2.30. The van der Waals surface area contributed by atoms with Gasteiger partial charge in [0.1, 0.15) is 6.29 Å². The molecule has 0 saturated heterocycles. The molecule has 2 N–H and O–H groups in total. The number of carbonyl (C=O) groups is 1. The van der Waals surface area contributed by atoms with E-state index < -0.39 is 6.10 Å². The maximum Gasteiger partial charge on any atom is 0.122 e. The fraction of sp³-hybridized carbons (Fsp3) is 0.917. The summed E-state index contributed by atoms with van der Waals surface area (Å²) in [5.41, 5.74) is -0.367. The summed E-state index contributed by atoms with van der Waals surface area (Å²) in [5.74, 6) is 0.414. The molecule has 0 amide bonds. The third-order valence-electron chi connectivity index (χ3n) is 2.11. The number of carbonyl (C=O) groups excluding carboxylic acids is 1. The van der Waals surface area contributed by atoms with Crippen molar-refractivity contribution in [2.75, 3.05) is 6.61 Å². The lowest BCUT2D eigenvalue weighted by Crippen LogP contribution is -2.36. The van der Waals surface area contributed by atoms with Crippen molar-refractivity contribution in [2.45, 2.75) is 47.6 Å². The molecule has 0 aromatic heterocycles. The van der Waals surface area contributed by atoms with Crippen LogP contribution in [-0.4, -0.2) is 29.2 Å². The van der Waals surface area contributed by atoms with E-state index in [1.54, 1.807) is 0 Å². The van der Waals surface area contributed by atoms with Crippen molar-refractivity contribution in [3.63, 3.8) is 0 Å². The lowest BCUT2D eigenvalue weighted by molar-refractivity contribution is -0.110. The van der Waals surface area contributed by atoms with Gasteiger partial charge in [-0.05, 0) is 5.92 Å². The third-order valence-corrected chi connectivity index (χ3v) is 2.11.